The average Bonchev–Trinajstić information content (AvgIpc) is 2.28. The summed E-state index contributed by atoms with van der Waals surface area (Å²) in [5.41, 5.74) is 3.26. The number of rotatable bonds is 6. The Morgan fingerprint density at radius 1 is 1.18 bits per heavy atom. The number of nitrogens with zero attached hydrogens (tertiary/aromatic N) is 1. The van der Waals surface area contributed by atoms with Gasteiger partial charge < -0.3 is 4.90 Å². The van der Waals surface area contributed by atoms with Gasteiger partial charge in [0.1, 0.15) is 0 Å². The molecular formula is C15H23NO. The Labute approximate surface area is 105 Å². The number of ketones is 1. The number of hydrogen-bond donors (Lipinski definition) is 0. The van der Waals surface area contributed by atoms with Gasteiger partial charge in [-0.1, -0.05) is 13.8 Å². The van der Waals surface area contributed by atoms with Crippen LogP contribution in [0.25, 0.3) is 0 Å². The summed E-state index contributed by atoms with van der Waals surface area (Å²) in [4.78, 5) is 13.7. The van der Waals surface area contributed by atoms with E-state index in [-0.39, 0.29) is 5.78 Å². The molecule has 0 atom stereocenters. The van der Waals surface area contributed by atoms with Crippen molar-refractivity contribution < 1.29 is 4.79 Å². The molecule has 0 aliphatic carbocycles. The molecule has 0 spiro atoms. The molecule has 0 unspecified atom stereocenters. The quantitative estimate of drug-likeness (QED) is 0.696. The van der Waals surface area contributed by atoms with Crippen molar-refractivity contribution >= 4 is 11.5 Å². The van der Waals surface area contributed by atoms with Crippen LogP contribution in [-0.4, -0.2) is 18.9 Å². The van der Waals surface area contributed by atoms with E-state index in [0.717, 1.165) is 31.5 Å². The summed E-state index contributed by atoms with van der Waals surface area (Å²) < 4.78 is 0. The van der Waals surface area contributed by atoms with Gasteiger partial charge in [0.2, 0.25) is 0 Å². The minimum atomic E-state index is 0.136. The van der Waals surface area contributed by atoms with Crippen molar-refractivity contribution in [3.63, 3.8) is 0 Å². The maximum Gasteiger partial charge on any atom is 0.159 e. The van der Waals surface area contributed by atoms with Crippen LogP contribution >= 0.6 is 0 Å². The van der Waals surface area contributed by atoms with Crippen molar-refractivity contribution in [2.75, 3.05) is 18.0 Å². The fourth-order valence-electron chi connectivity index (χ4n) is 2.12. The maximum absolute atomic E-state index is 11.3. The number of carbonyl (C=O) groups excluding carboxylic acids is 1. The standard InChI is InChI=1S/C15H23NO/c1-5-9-16(10-6-2)15-8-7-14(13(4)17)11-12(15)3/h7-8,11H,5-6,9-10H2,1-4H3. The summed E-state index contributed by atoms with van der Waals surface area (Å²) in [6, 6.07) is 6.01. The van der Waals surface area contributed by atoms with Crippen molar-refractivity contribution in [1.82, 2.24) is 0 Å². The molecule has 1 rings (SSSR count). The van der Waals surface area contributed by atoms with E-state index in [2.05, 4.69) is 31.7 Å². The SMILES string of the molecule is CCCN(CCC)c1ccc(C(C)=O)cc1C. The second-order valence-corrected chi connectivity index (χ2v) is 4.54. The number of anilines is 1. The maximum atomic E-state index is 11.3. The van der Waals surface area contributed by atoms with E-state index in [4.69, 9.17) is 0 Å². The third kappa shape index (κ3) is 3.58. The molecule has 0 aromatic heterocycles. The van der Waals surface area contributed by atoms with Gasteiger partial charge in [0.15, 0.2) is 5.78 Å². The minimum Gasteiger partial charge on any atom is -0.371 e. The van der Waals surface area contributed by atoms with Crippen molar-refractivity contribution in [2.45, 2.75) is 40.5 Å². The van der Waals surface area contributed by atoms with Crippen LogP contribution in [0.5, 0.6) is 0 Å². The summed E-state index contributed by atoms with van der Waals surface area (Å²) in [5.74, 6) is 0.136. The summed E-state index contributed by atoms with van der Waals surface area (Å²) >= 11 is 0. The van der Waals surface area contributed by atoms with Gasteiger partial charge in [0, 0.05) is 24.3 Å². The highest BCUT2D eigenvalue weighted by molar-refractivity contribution is 5.94. The van der Waals surface area contributed by atoms with Gasteiger partial charge in [0.05, 0.1) is 0 Å². The molecule has 0 aliphatic heterocycles. The molecule has 2 nitrogen and oxygen atoms in total. The fraction of sp³-hybridized carbons (Fsp3) is 0.533. The zero-order valence-corrected chi connectivity index (χ0v) is 11.4. The highest BCUT2D eigenvalue weighted by Gasteiger charge is 2.09. The predicted octanol–water partition coefficient (Wildman–Crippen LogP) is 3.82. The molecule has 0 saturated carbocycles. The van der Waals surface area contributed by atoms with Crippen LogP contribution in [0.1, 0.15) is 49.5 Å². The smallest absolute Gasteiger partial charge is 0.159 e. The zero-order valence-electron chi connectivity index (χ0n) is 11.4. The van der Waals surface area contributed by atoms with Crippen LogP contribution in [0.2, 0.25) is 0 Å². The van der Waals surface area contributed by atoms with E-state index in [0.29, 0.717) is 0 Å². The third-order valence-electron chi connectivity index (χ3n) is 2.93. The Hall–Kier alpha value is -1.31. The first-order valence-corrected chi connectivity index (χ1v) is 6.46. The van der Waals surface area contributed by atoms with Crippen LogP contribution < -0.4 is 4.90 Å². The van der Waals surface area contributed by atoms with Crippen LogP contribution in [-0.2, 0) is 0 Å². The van der Waals surface area contributed by atoms with Crippen molar-refractivity contribution in [2.24, 2.45) is 0 Å². The number of Topliss-reactive ketones (excluding diaryl/α,β-unsaturated/α-hetero) is 1. The highest BCUT2D eigenvalue weighted by Crippen LogP contribution is 2.22. The lowest BCUT2D eigenvalue weighted by atomic mass is 10.1. The zero-order chi connectivity index (χ0) is 12.8. The van der Waals surface area contributed by atoms with Crippen molar-refractivity contribution in [3.8, 4) is 0 Å². The Morgan fingerprint density at radius 2 is 1.76 bits per heavy atom. The molecule has 0 bridgehead atoms. The molecule has 0 saturated heterocycles. The summed E-state index contributed by atoms with van der Waals surface area (Å²) in [7, 11) is 0. The molecule has 17 heavy (non-hydrogen) atoms. The molecule has 1 aromatic rings. The normalized spacial score (nSPS) is 10.4. The number of benzene rings is 1. The monoisotopic (exact) mass is 233 g/mol. The summed E-state index contributed by atoms with van der Waals surface area (Å²) in [6.07, 6.45) is 2.29. The highest BCUT2D eigenvalue weighted by atomic mass is 16.1. The Balaban J connectivity index is 2.99. The van der Waals surface area contributed by atoms with Crippen LogP contribution in [0.4, 0.5) is 5.69 Å². The van der Waals surface area contributed by atoms with Crippen LogP contribution in [0.15, 0.2) is 18.2 Å². The van der Waals surface area contributed by atoms with E-state index in [1.807, 2.05) is 12.1 Å². The van der Waals surface area contributed by atoms with Gasteiger partial charge in [-0.05, 0) is 50.5 Å². The summed E-state index contributed by atoms with van der Waals surface area (Å²) in [5, 5.41) is 0. The molecule has 2 heteroatoms. The first-order chi connectivity index (χ1) is 8.10. The largest absolute Gasteiger partial charge is 0.371 e. The Kier molecular flexibility index (Phi) is 5.20. The third-order valence-corrected chi connectivity index (χ3v) is 2.93. The number of aryl methyl sites for hydroxylation is 1. The van der Waals surface area contributed by atoms with E-state index in [1.54, 1.807) is 6.92 Å². The Morgan fingerprint density at radius 3 is 2.18 bits per heavy atom. The minimum absolute atomic E-state index is 0.136. The molecule has 0 N–H and O–H groups in total. The fourth-order valence-corrected chi connectivity index (χ4v) is 2.12. The van der Waals surface area contributed by atoms with Gasteiger partial charge in [-0.15, -0.1) is 0 Å². The molecule has 0 heterocycles. The van der Waals surface area contributed by atoms with Crippen LogP contribution in [0, 0.1) is 6.92 Å². The molecule has 0 fully saturated rings. The molecular weight excluding hydrogens is 210 g/mol. The lowest BCUT2D eigenvalue weighted by Gasteiger charge is -2.25. The first kappa shape index (κ1) is 13.8. The number of hydrogen-bond acceptors (Lipinski definition) is 2. The lowest BCUT2D eigenvalue weighted by Crippen LogP contribution is -2.25. The average molecular weight is 233 g/mol. The predicted molar refractivity (Wildman–Crippen MR) is 74.0 cm³/mol. The van der Waals surface area contributed by atoms with Crippen molar-refractivity contribution in [3.05, 3.63) is 29.3 Å². The summed E-state index contributed by atoms with van der Waals surface area (Å²) in [6.45, 7) is 10.2. The van der Waals surface area contributed by atoms with Gasteiger partial charge in [0.25, 0.3) is 0 Å². The van der Waals surface area contributed by atoms with Gasteiger partial charge in [-0.3, -0.25) is 4.79 Å². The lowest BCUT2D eigenvalue weighted by molar-refractivity contribution is 0.101. The van der Waals surface area contributed by atoms with E-state index in [9.17, 15) is 4.79 Å². The topological polar surface area (TPSA) is 20.3 Å². The molecule has 0 radical (unpaired) electrons. The second-order valence-electron chi connectivity index (χ2n) is 4.54. The Bertz CT molecular complexity index is 379. The second kappa shape index (κ2) is 6.43. The van der Waals surface area contributed by atoms with Crippen molar-refractivity contribution in [1.29, 1.82) is 0 Å². The molecule has 94 valence electrons. The molecule has 1 aromatic carbocycles. The first-order valence-electron chi connectivity index (χ1n) is 6.46. The van der Waals surface area contributed by atoms with Gasteiger partial charge >= 0.3 is 0 Å². The molecule has 0 aliphatic rings. The van der Waals surface area contributed by atoms with Gasteiger partial charge in [-0.25, -0.2) is 0 Å². The molecule has 0 amide bonds. The number of carbonyl (C=O) groups is 1. The van der Waals surface area contributed by atoms with Gasteiger partial charge in [-0.2, -0.15) is 0 Å². The van der Waals surface area contributed by atoms with E-state index >= 15 is 0 Å². The van der Waals surface area contributed by atoms with E-state index in [1.165, 1.54) is 11.3 Å². The van der Waals surface area contributed by atoms with Crippen LogP contribution in [0.3, 0.4) is 0 Å². The van der Waals surface area contributed by atoms with E-state index < -0.39 is 0 Å².